The Kier molecular flexibility index (Phi) is 8.97. The third-order valence-corrected chi connectivity index (χ3v) is 10.4. The van der Waals surface area contributed by atoms with Crippen LogP contribution in [0.2, 0.25) is 0 Å². The van der Waals surface area contributed by atoms with E-state index in [-0.39, 0.29) is 66.0 Å². The second-order valence-corrected chi connectivity index (χ2v) is 14.0. The van der Waals surface area contributed by atoms with E-state index in [0.717, 1.165) is 19.4 Å². The number of benzene rings is 3. The molecule has 7 rings (SSSR count). The van der Waals surface area contributed by atoms with Crippen molar-refractivity contribution in [3.63, 3.8) is 0 Å². The van der Waals surface area contributed by atoms with Crippen LogP contribution < -0.4 is 14.4 Å². The summed E-state index contributed by atoms with van der Waals surface area (Å²) in [7, 11) is 1.44. The minimum atomic E-state index is -1.09. The average molecular weight is 696 g/mol. The monoisotopic (exact) mass is 695 g/mol. The molecule has 11 nitrogen and oxygen atoms in total. The first-order valence-corrected chi connectivity index (χ1v) is 17.0. The summed E-state index contributed by atoms with van der Waals surface area (Å²) < 4.78 is 64.1. The molecule has 4 aromatic rings. The highest BCUT2D eigenvalue weighted by Crippen LogP contribution is 2.46. The number of aromatic nitrogens is 2. The van der Waals surface area contributed by atoms with Gasteiger partial charge in [-0.2, -0.15) is 9.97 Å². The maximum atomic E-state index is 17.4. The number of anilines is 1. The number of nitrogens with zero attached hydrogens (tertiary/aromatic N) is 5. The van der Waals surface area contributed by atoms with Gasteiger partial charge in [-0.3, -0.25) is 15.0 Å². The van der Waals surface area contributed by atoms with Crippen LogP contribution in [0.1, 0.15) is 51.5 Å². The predicted molar refractivity (Wildman–Crippen MR) is 182 cm³/mol. The molecule has 1 unspecified atom stereocenters. The number of aliphatic hydroxyl groups is 1. The van der Waals surface area contributed by atoms with Crippen molar-refractivity contribution in [2.24, 2.45) is 0 Å². The average Bonchev–Trinajstić information content (AvgIpc) is 3.61. The van der Waals surface area contributed by atoms with E-state index in [2.05, 4.69) is 14.9 Å². The number of piperidine rings is 1. The molecule has 0 amide bonds. The van der Waals surface area contributed by atoms with Crippen LogP contribution in [0.4, 0.5) is 24.7 Å². The van der Waals surface area contributed by atoms with Crippen LogP contribution in [0.25, 0.3) is 32.8 Å². The molecule has 0 bridgehead atoms. The van der Waals surface area contributed by atoms with Crippen LogP contribution in [0.15, 0.2) is 30.3 Å². The number of ether oxygens (including phenoxy) is 3. The molecule has 4 heterocycles. The molecule has 50 heavy (non-hydrogen) atoms. The summed E-state index contributed by atoms with van der Waals surface area (Å²) in [5, 5.41) is 24.6. The normalized spacial score (nSPS) is 23.9. The molecule has 3 aliphatic rings. The minimum Gasteiger partial charge on any atom is -0.468 e. The fourth-order valence-corrected chi connectivity index (χ4v) is 8.17. The number of methoxy groups -OCH3 is 1. The molecule has 3 aromatic carbocycles. The number of halogens is 3. The third-order valence-electron chi connectivity index (χ3n) is 10.4. The van der Waals surface area contributed by atoms with Gasteiger partial charge in [-0.1, -0.05) is 13.0 Å². The van der Waals surface area contributed by atoms with Crippen molar-refractivity contribution in [3.8, 4) is 22.9 Å². The van der Waals surface area contributed by atoms with Gasteiger partial charge < -0.3 is 24.2 Å². The van der Waals surface area contributed by atoms with Crippen LogP contribution in [-0.4, -0.2) is 88.9 Å². The summed E-state index contributed by atoms with van der Waals surface area (Å²) in [6.45, 7) is 5.03. The van der Waals surface area contributed by atoms with Crippen LogP contribution in [0.3, 0.4) is 0 Å². The molecule has 0 radical (unpaired) electrons. The smallest absolute Gasteiger partial charge is 0.319 e. The van der Waals surface area contributed by atoms with Gasteiger partial charge in [-0.05, 0) is 80.1 Å². The van der Waals surface area contributed by atoms with Gasteiger partial charge >= 0.3 is 6.01 Å². The largest absolute Gasteiger partial charge is 0.468 e. The molecule has 1 N–H and O–H groups in total. The van der Waals surface area contributed by atoms with Crippen LogP contribution >= 0.6 is 0 Å². The zero-order chi connectivity index (χ0) is 35.4. The Morgan fingerprint density at radius 2 is 1.92 bits per heavy atom. The molecule has 266 valence electrons. The zero-order valence-corrected chi connectivity index (χ0v) is 28.3. The molecule has 3 fully saturated rings. The van der Waals surface area contributed by atoms with Crippen LogP contribution in [-0.2, 0) is 11.2 Å². The van der Waals surface area contributed by atoms with Gasteiger partial charge in [0.1, 0.15) is 35.7 Å². The Bertz CT molecular complexity index is 1980. The lowest BCUT2D eigenvalue weighted by molar-refractivity contribution is -0.384. The van der Waals surface area contributed by atoms with Crippen molar-refractivity contribution >= 4 is 33.2 Å². The number of β-amino-alcohol motifs (C(OH)–C–C–N with tert-alkyl or cyclic N) is 1. The van der Waals surface area contributed by atoms with E-state index in [0.29, 0.717) is 43.1 Å². The van der Waals surface area contributed by atoms with Gasteiger partial charge in [0.05, 0.1) is 27.0 Å². The maximum Gasteiger partial charge on any atom is 0.319 e. The fourth-order valence-electron chi connectivity index (χ4n) is 8.17. The van der Waals surface area contributed by atoms with E-state index in [1.807, 2.05) is 0 Å². The van der Waals surface area contributed by atoms with E-state index in [1.54, 1.807) is 24.8 Å². The van der Waals surface area contributed by atoms with Gasteiger partial charge in [0.15, 0.2) is 12.6 Å². The summed E-state index contributed by atoms with van der Waals surface area (Å²) >= 11 is 0. The van der Waals surface area contributed by atoms with Crippen molar-refractivity contribution < 1.29 is 37.4 Å². The van der Waals surface area contributed by atoms with Gasteiger partial charge in [-0.25, -0.2) is 13.2 Å². The first kappa shape index (κ1) is 34.2. The quantitative estimate of drug-likeness (QED) is 0.112. The van der Waals surface area contributed by atoms with Crippen molar-refractivity contribution in [3.05, 3.63) is 57.6 Å². The van der Waals surface area contributed by atoms with E-state index >= 15 is 8.78 Å². The van der Waals surface area contributed by atoms with Crippen molar-refractivity contribution in [1.29, 1.82) is 0 Å². The highest BCUT2D eigenvalue weighted by molar-refractivity contribution is 6.05. The highest BCUT2D eigenvalue weighted by atomic mass is 19.1. The number of aryl methyl sites for hydroxylation is 1. The topological polar surface area (TPSA) is 123 Å². The van der Waals surface area contributed by atoms with Gasteiger partial charge in [-0.15, -0.1) is 0 Å². The zero-order valence-electron chi connectivity index (χ0n) is 28.3. The first-order valence-electron chi connectivity index (χ1n) is 17.0. The molecule has 0 spiro atoms. The number of nitro benzene ring substituents is 1. The van der Waals surface area contributed by atoms with Gasteiger partial charge in [0.2, 0.25) is 0 Å². The Morgan fingerprint density at radius 1 is 1.12 bits per heavy atom. The molecule has 14 heteroatoms. The lowest BCUT2D eigenvalue weighted by Crippen LogP contribution is -2.46. The van der Waals surface area contributed by atoms with E-state index in [4.69, 9.17) is 14.2 Å². The molecular weight excluding hydrogens is 655 g/mol. The second-order valence-electron chi connectivity index (χ2n) is 14.0. The Labute approximate surface area is 287 Å². The summed E-state index contributed by atoms with van der Waals surface area (Å²) in [6, 6.07) is 6.97. The summed E-state index contributed by atoms with van der Waals surface area (Å²) in [5.74, 6) is -1.14. The molecule has 3 aliphatic heterocycles. The molecule has 1 aromatic heterocycles. The number of hydrogen-bond acceptors (Lipinski definition) is 10. The van der Waals surface area contributed by atoms with Crippen molar-refractivity contribution in [2.75, 3.05) is 51.6 Å². The lowest BCUT2D eigenvalue weighted by atomic mass is 9.90. The second kappa shape index (κ2) is 13.1. The third kappa shape index (κ3) is 6.07. The molecular formula is C36H40F3N5O6. The summed E-state index contributed by atoms with van der Waals surface area (Å²) in [4.78, 5) is 25.1. The molecule has 3 atom stereocenters. The number of nitro groups is 1. The molecule has 3 saturated heterocycles. The minimum absolute atomic E-state index is 0.0556. The SMILES string of the molecule is CCc1c(F)ccc2cc(OCOC)cc(-c3c([N+](=O)[O-])cc4c(N5CCCC(C)(O)C5)nc(OC[C@@]56CCCN5C[C@H](F)C6)nc4c3F)c12. The van der Waals surface area contributed by atoms with Crippen molar-refractivity contribution in [2.45, 2.75) is 69.7 Å². The first-order chi connectivity index (χ1) is 23.9. The summed E-state index contributed by atoms with van der Waals surface area (Å²) in [5.41, 5.74) is -2.52. The summed E-state index contributed by atoms with van der Waals surface area (Å²) in [6.07, 6.45) is 2.30. The Hall–Kier alpha value is -4.27. The standard InChI is InChI=1S/C36H40F3N5O6/c1-4-24-27(38)8-7-21-13-23(50-20-48-3)14-25(29(21)24)30-28(44(46)47)15-26-32(31(30)39)40-34(41-33(26)42-11-5-9-35(2,45)18-42)49-19-36-10-6-12-43(36)17-22(37)16-36/h7-8,13-15,22,45H,4-6,9-12,16-20H2,1-3H3/t22-,35?,36+/m1/s1. The lowest BCUT2D eigenvalue weighted by Gasteiger charge is -2.38. The number of rotatable bonds is 10. The van der Waals surface area contributed by atoms with Crippen molar-refractivity contribution in [1.82, 2.24) is 14.9 Å². The van der Waals surface area contributed by atoms with Gasteiger partial charge in [0.25, 0.3) is 5.69 Å². The van der Waals surface area contributed by atoms with Gasteiger partial charge in [0, 0.05) is 44.8 Å². The number of fused-ring (bicyclic) bond motifs is 3. The van der Waals surface area contributed by atoms with Crippen LogP contribution in [0, 0.1) is 21.7 Å². The molecule has 0 aliphatic carbocycles. The Balaban J connectivity index is 1.46. The van der Waals surface area contributed by atoms with E-state index < -0.39 is 45.1 Å². The Morgan fingerprint density at radius 3 is 2.66 bits per heavy atom. The maximum absolute atomic E-state index is 17.4. The number of alkyl halides is 1. The molecule has 0 saturated carbocycles. The van der Waals surface area contributed by atoms with E-state index in [9.17, 15) is 19.6 Å². The van der Waals surface area contributed by atoms with Crippen LogP contribution in [0.5, 0.6) is 11.8 Å². The fraction of sp³-hybridized carbons (Fsp3) is 0.500. The number of hydrogen-bond donors (Lipinski definition) is 1. The van der Waals surface area contributed by atoms with E-state index in [1.165, 1.54) is 31.4 Å². The predicted octanol–water partition coefficient (Wildman–Crippen LogP) is 6.49. The highest BCUT2D eigenvalue weighted by Gasteiger charge is 2.49.